The molecule has 8 nitrogen and oxygen atoms in total. The number of amides is 1. The number of imidazole rings is 1. The van der Waals surface area contributed by atoms with Gasteiger partial charge >= 0.3 is 6.18 Å². The number of carbonyl (C=O) groups excluding carboxylic acids is 1. The lowest BCUT2D eigenvalue weighted by atomic mass is 10.1. The van der Waals surface area contributed by atoms with Crippen molar-refractivity contribution in [1.29, 1.82) is 0 Å². The van der Waals surface area contributed by atoms with Gasteiger partial charge in [-0.3, -0.25) is 4.79 Å². The van der Waals surface area contributed by atoms with Crippen molar-refractivity contribution in [2.45, 2.75) is 38.9 Å². The second kappa shape index (κ2) is 9.64. The van der Waals surface area contributed by atoms with Gasteiger partial charge in [-0.15, -0.1) is 0 Å². The van der Waals surface area contributed by atoms with Crippen LogP contribution in [-0.2, 0) is 11.2 Å². The number of H-pyrrole nitrogens is 1. The fraction of sp³-hybridized carbons (Fsp3) is 0.269. The molecule has 0 saturated carbocycles. The second-order valence-corrected chi connectivity index (χ2v) is 8.75. The van der Waals surface area contributed by atoms with E-state index in [-0.39, 0.29) is 0 Å². The number of halogens is 3. The molecular weight excluding hydrogens is 483 g/mol. The Labute approximate surface area is 210 Å². The molecule has 37 heavy (non-hydrogen) atoms. The minimum absolute atomic E-state index is 0.379. The number of alkyl halides is 3. The molecule has 11 heteroatoms. The maximum absolute atomic E-state index is 12.7. The van der Waals surface area contributed by atoms with E-state index in [2.05, 4.69) is 19.9 Å². The van der Waals surface area contributed by atoms with Crippen molar-refractivity contribution < 1.29 is 18.0 Å². The molecule has 1 atom stereocenters. The van der Waals surface area contributed by atoms with Gasteiger partial charge in [0.15, 0.2) is 11.5 Å². The van der Waals surface area contributed by atoms with E-state index in [9.17, 15) is 18.0 Å². The van der Waals surface area contributed by atoms with Gasteiger partial charge in [0, 0.05) is 35.3 Å². The number of carbonyl (C=O) groups is 1. The van der Waals surface area contributed by atoms with Crippen molar-refractivity contribution in [3.05, 3.63) is 60.8 Å². The van der Waals surface area contributed by atoms with E-state index in [1.165, 1.54) is 6.92 Å². The molecule has 4 heterocycles. The second-order valence-electron chi connectivity index (χ2n) is 8.75. The number of fused-ring (bicyclic) bond motifs is 2. The maximum atomic E-state index is 12.7. The van der Waals surface area contributed by atoms with Crippen LogP contribution in [0.4, 0.5) is 13.2 Å². The van der Waals surface area contributed by atoms with E-state index in [1.54, 1.807) is 23.2 Å². The summed E-state index contributed by atoms with van der Waals surface area (Å²) in [5.41, 5.74) is 4.16. The van der Waals surface area contributed by atoms with Gasteiger partial charge in [0.05, 0.1) is 6.20 Å². The van der Waals surface area contributed by atoms with E-state index >= 15 is 0 Å². The molecule has 0 spiro atoms. The number of aryl methyl sites for hydroxylation is 1. The lowest BCUT2D eigenvalue weighted by Gasteiger charge is -2.17. The number of hydrogen-bond donors (Lipinski definition) is 2. The lowest BCUT2D eigenvalue weighted by molar-refractivity contribution is -0.140. The molecule has 2 N–H and O–H groups in total. The summed E-state index contributed by atoms with van der Waals surface area (Å²) in [4.78, 5) is 34.1. The minimum atomic E-state index is -4.50. The minimum Gasteiger partial charge on any atom is -0.345 e. The zero-order chi connectivity index (χ0) is 26.2. The van der Waals surface area contributed by atoms with Gasteiger partial charge in [0.25, 0.3) is 0 Å². The van der Waals surface area contributed by atoms with Crippen LogP contribution in [0.2, 0.25) is 0 Å². The third-order valence-electron chi connectivity index (χ3n) is 6.09. The van der Waals surface area contributed by atoms with Gasteiger partial charge in [-0.25, -0.2) is 19.9 Å². The Hall–Kier alpha value is -4.28. The standard InChI is InChI=1S/C26H24F3N7O/c1-3-7-21-34-20-13-32-23(35-24(20)36(21)15(2)25(37)33-14-26(27,28)29)19-12-31-22-18(19)10-17(11-30-22)16-8-5-4-6-9-16/h4-6,8-13,15H,3,7,14H2,1-2H3,(H,30,31)(H,33,37). The summed E-state index contributed by atoms with van der Waals surface area (Å²) in [5, 5.41) is 2.78. The van der Waals surface area contributed by atoms with Crippen LogP contribution in [0.5, 0.6) is 0 Å². The average molecular weight is 508 g/mol. The van der Waals surface area contributed by atoms with Crippen LogP contribution in [0.1, 0.15) is 32.1 Å². The van der Waals surface area contributed by atoms with Crippen molar-refractivity contribution in [3.63, 3.8) is 0 Å². The predicted octanol–water partition coefficient (Wildman–Crippen LogP) is 5.23. The first kappa shape index (κ1) is 24.4. The Kier molecular flexibility index (Phi) is 6.36. The largest absolute Gasteiger partial charge is 0.405 e. The first-order chi connectivity index (χ1) is 17.7. The molecule has 0 aliphatic carbocycles. The molecule has 1 aromatic carbocycles. The van der Waals surface area contributed by atoms with Gasteiger partial charge < -0.3 is 14.9 Å². The van der Waals surface area contributed by atoms with Gasteiger partial charge in [-0.1, -0.05) is 37.3 Å². The summed E-state index contributed by atoms with van der Waals surface area (Å²) in [6.07, 6.45) is 1.88. The molecule has 0 aliphatic rings. The number of nitrogens with one attached hydrogen (secondary N) is 2. The Balaban J connectivity index is 1.58. The number of aromatic nitrogens is 6. The van der Waals surface area contributed by atoms with Crippen molar-refractivity contribution in [3.8, 4) is 22.5 Å². The fourth-order valence-corrected chi connectivity index (χ4v) is 4.30. The number of rotatable bonds is 7. The average Bonchev–Trinajstić information content (AvgIpc) is 3.47. The first-order valence-corrected chi connectivity index (χ1v) is 11.9. The number of nitrogens with zero attached hydrogens (tertiary/aromatic N) is 5. The zero-order valence-corrected chi connectivity index (χ0v) is 20.2. The lowest BCUT2D eigenvalue weighted by Crippen LogP contribution is -2.38. The Morgan fingerprint density at radius 3 is 2.62 bits per heavy atom. The predicted molar refractivity (Wildman–Crippen MR) is 134 cm³/mol. The molecule has 0 radical (unpaired) electrons. The van der Waals surface area contributed by atoms with Crippen LogP contribution in [0.15, 0.2) is 55.0 Å². The summed E-state index contributed by atoms with van der Waals surface area (Å²) < 4.78 is 39.7. The summed E-state index contributed by atoms with van der Waals surface area (Å²) in [6, 6.07) is 10.9. The smallest absolute Gasteiger partial charge is 0.345 e. The van der Waals surface area contributed by atoms with E-state index in [0.717, 1.165) is 22.9 Å². The summed E-state index contributed by atoms with van der Waals surface area (Å²) in [5.74, 6) is 0.182. The summed E-state index contributed by atoms with van der Waals surface area (Å²) in [7, 11) is 0. The van der Waals surface area contributed by atoms with Crippen molar-refractivity contribution in [2.75, 3.05) is 6.54 Å². The molecule has 5 rings (SSSR count). The van der Waals surface area contributed by atoms with Crippen LogP contribution in [0.3, 0.4) is 0 Å². The Bertz CT molecular complexity index is 1570. The highest BCUT2D eigenvalue weighted by molar-refractivity contribution is 5.95. The number of hydrogen-bond acceptors (Lipinski definition) is 5. The molecule has 0 fully saturated rings. The molecular formula is C26H24F3N7O. The molecule has 0 aliphatic heterocycles. The third-order valence-corrected chi connectivity index (χ3v) is 6.09. The molecule has 1 amide bonds. The van der Waals surface area contributed by atoms with Crippen LogP contribution in [0, 0.1) is 0 Å². The highest BCUT2D eigenvalue weighted by atomic mass is 19.4. The number of pyridine rings is 1. The maximum Gasteiger partial charge on any atom is 0.405 e. The van der Waals surface area contributed by atoms with Crippen LogP contribution in [0.25, 0.3) is 44.7 Å². The molecule has 190 valence electrons. The van der Waals surface area contributed by atoms with Crippen molar-refractivity contribution >= 4 is 28.1 Å². The topological polar surface area (TPSA) is 101 Å². The van der Waals surface area contributed by atoms with E-state index in [4.69, 9.17) is 4.98 Å². The normalized spacial score (nSPS) is 12.8. The highest BCUT2D eigenvalue weighted by Gasteiger charge is 2.30. The Morgan fingerprint density at radius 1 is 1.11 bits per heavy atom. The van der Waals surface area contributed by atoms with E-state index in [0.29, 0.717) is 40.4 Å². The number of aromatic amines is 1. The molecule has 4 aromatic heterocycles. The van der Waals surface area contributed by atoms with Crippen LogP contribution in [-0.4, -0.2) is 48.1 Å². The monoisotopic (exact) mass is 507 g/mol. The SMILES string of the molecule is CCCc1nc2cnc(-c3c[nH]c4ncc(-c5ccccc5)cc34)nc2n1C(C)C(=O)NCC(F)(F)F. The molecule has 5 aromatic rings. The molecule has 0 bridgehead atoms. The van der Waals surface area contributed by atoms with Gasteiger partial charge in [-0.2, -0.15) is 13.2 Å². The van der Waals surface area contributed by atoms with E-state index < -0.39 is 24.7 Å². The highest BCUT2D eigenvalue weighted by Crippen LogP contribution is 2.31. The van der Waals surface area contributed by atoms with Crippen LogP contribution >= 0.6 is 0 Å². The quantitative estimate of drug-likeness (QED) is 0.314. The molecule has 0 saturated heterocycles. The van der Waals surface area contributed by atoms with Crippen molar-refractivity contribution in [1.82, 2.24) is 34.8 Å². The molecule has 1 unspecified atom stereocenters. The fourth-order valence-electron chi connectivity index (χ4n) is 4.30. The van der Waals surface area contributed by atoms with Gasteiger partial charge in [-0.05, 0) is 25.0 Å². The van der Waals surface area contributed by atoms with E-state index in [1.807, 2.05) is 48.6 Å². The third kappa shape index (κ3) is 4.89. The first-order valence-electron chi connectivity index (χ1n) is 11.9. The van der Waals surface area contributed by atoms with Gasteiger partial charge in [0.1, 0.15) is 29.6 Å². The van der Waals surface area contributed by atoms with Crippen LogP contribution < -0.4 is 5.32 Å². The Morgan fingerprint density at radius 2 is 1.89 bits per heavy atom. The summed E-state index contributed by atoms with van der Waals surface area (Å²) in [6.45, 7) is 2.09. The van der Waals surface area contributed by atoms with Gasteiger partial charge in [0.2, 0.25) is 5.91 Å². The summed E-state index contributed by atoms with van der Waals surface area (Å²) >= 11 is 0. The van der Waals surface area contributed by atoms with Crippen molar-refractivity contribution in [2.24, 2.45) is 0 Å². The number of benzene rings is 1. The zero-order valence-electron chi connectivity index (χ0n) is 20.2.